The second-order valence-electron chi connectivity index (χ2n) is 4.08. The van der Waals surface area contributed by atoms with E-state index >= 15 is 0 Å². The summed E-state index contributed by atoms with van der Waals surface area (Å²) in [4.78, 5) is 0. The van der Waals surface area contributed by atoms with E-state index in [1.165, 1.54) is 6.42 Å². The van der Waals surface area contributed by atoms with Gasteiger partial charge in [0, 0.05) is 6.04 Å². The fraction of sp³-hybridized carbons (Fsp3) is 1.00. The standard InChI is InChI=1S/C11H25NO2/c1-4-9(3)6-10(5-2)12-11(7-13)8-14/h9-14H,4-8H2,1-3H3/t9-,10-/m0/s1. The van der Waals surface area contributed by atoms with Gasteiger partial charge in [0.15, 0.2) is 0 Å². The number of hydrogen-bond acceptors (Lipinski definition) is 3. The van der Waals surface area contributed by atoms with Gasteiger partial charge in [-0.25, -0.2) is 0 Å². The van der Waals surface area contributed by atoms with Crippen molar-refractivity contribution >= 4 is 0 Å². The summed E-state index contributed by atoms with van der Waals surface area (Å²) in [5.74, 6) is 0.700. The van der Waals surface area contributed by atoms with Crippen LogP contribution in [0.25, 0.3) is 0 Å². The zero-order valence-electron chi connectivity index (χ0n) is 9.66. The van der Waals surface area contributed by atoms with Crippen molar-refractivity contribution in [2.24, 2.45) is 5.92 Å². The predicted molar refractivity (Wildman–Crippen MR) is 59.2 cm³/mol. The van der Waals surface area contributed by atoms with E-state index in [1.807, 2.05) is 0 Å². The highest BCUT2D eigenvalue weighted by Crippen LogP contribution is 2.12. The lowest BCUT2D eigenvalue weighted by atomic mass is 9.97. The average Bonchev–Trinajstić information content (AvgIpc) is 2.23. The van der Waals surface area contributed by atoms with E-state index in [-0.39, 0.29) is 19.3 Å². The summed E-state index contributed by atoms with van der Waals surface area (Å²) >= 11 is 0. The molecule has 0 aliphatic rings. The Hall–Kier alpha value is -0.120. The van der Waals surface area contributed by atoms with E-state index in [4.69, 9.17) is 10.2 Å². The van der Waals surface area contributed by atoms with E-state index in [2.05, 4.69) is 26.1 Å². The van der Waals surface area contributed by atoms with Gasteiger partial charge < -0.3 is 15.5 Å². The zero-order chi connectivity index (χ0) is 11.0. The molecule has 0 spiro atoms. The van der Waals surface area contributed by atoms with Gasteiger partial charge in [0.25, 0.3) is 0 Å². The summed E-state index contributed by atoms with van der Waals surface area (Å²) in [6.45, 7) is 6.57. The molecule has 0 bridgehead atoms. The Labute approximate surface area is 87.5 Å². The first-order valence-corrected chi connectivity index (χ1v) is 5.65. The van der Waals surface area contributed by atoms with Gasteiger partial charge in [-0.05, 0) is 18.8 Å². The maximum absolute atomic E-state index is 8.94. The minimum Gasteiger partial charge on any atom is -0.395 e. The number of rotatable bonds is 8. The predicted octanol–water partition coefficient (Wildman–Crippen LogP) is 1.14. The molecule has 3 heteroatoms. The SMILES string of the molecule is CC[C@H](C)C[C@H](CC)NC(CO)CO. The molecule has 86 valence electrons. The minimum atomic E-state index is -0.163. The van der Waals surface area contributed by atoms with Crippen LogP contribution in [0.3, 0.4) is 0 Å². The van der Waals surface area contributed by atoms with Crippen LogP contribution in [-0.4, -0.2) is 35.5 Å². The zero-order valence-corrected chi connectivity index (χ0v) is 9.66. The molecule has 0 heterocycles. The highest BCUT2D eigenvalue weighted by Gasteiger charge is 2.14. The molecule has 14 heavy (non-hydrogen) atoms. The quantitative estimate of drug-likeness (QED) is 0.554. The summed E-state index contributed by atoms with van der Waals surface area (Å²) in [6, 6.07) is 0.248. The second-order valence-corrected chi connectivity index (χ2v) is 4.08. The van der Waals surface area contributed by atoms with Crippen LogP contribution < -0.4 is 5.32 Å². The molecule has 0 aliphatic heterocycles. The van der Waals surface area contributed by atoms with Gasteiger partial charge in [-0.15, -0.1) is 0 Å². The van der Waals surface area contributed by atoms with Crippen LogP contribution in [0.4, 0.5) is 0 Å². The molecule has 0 aromatic heterocycles. The molecule has 0 aromatic carbocycles. The van der Waals surface area contributed by atoms with Crippen LogP contribution in [0.5, 0.6) is 0 Å². The van der Waals surface area contributed by atoms with Crippen molar-refractivity contribution in [3.05, 3.63) is 0 Å². The summed E-state index contributed by atoms with van der Waals surface area (Å²) in [7, 11) is 0. The van der Waals surface area contributed by atoms with E-state index in [0.29, 0.717) is 12.0 Å². The Bertz CT molecular complexity index is 126. The van der Waals surface area contributed by atoms with Crippen LogP contribution in [0.1, 0.15) is 40.0 Å². The summed E-state index contributed by atoms with van der Waals surface area (Å²) < 4.78 is 0. The number of aliphatic hydroxyl groups is 2. The summed E-state index contributed by atoms with van der Waals surface area (Å²) in [5, 5.41) is 21.1. The first-order chi connectivity index (χ1) is 6.67. The van der Waals surface area contributed by atoms with Gasteiger partial charge in [-0.2, -0.15) is 0 Å². The molecule has 0 amide bonds. The van der Waals surface area contributed by atoms with Crippen LogP contribution in [0.15, 0.2) is 0 Å². The van der Waals surface area contributed by atoms with Crippen molar-refractivity contribution < 1.29 is 10.2 Å². The van der Waals surface area contributed by atoms with Crippen LogP contribution in [0.2, 0.25) is 0 Å². The van der Waals surface area contributed by atoms with E-state index in [1.54, 1.807) is 0 Å². The van der Waals surface area contributed by atoms with Crippen molar-refractivity contribution in [1.82, 2.24) is 5.32 Å². The average molecular weight is 203 g/mol. The smallest absolute Gasteiger partial charge is 0.0607 e. The number of hydrogen-bond donors (Lipinski definition) is 3. The Morgan fingerprint density at radius 1 is 1.00 bits per heavy atom. The number of aliphatic hydroxyl groups excluding tert-OH is 2. The fourth-order valence-corrected chi connectivity index (χ4v) is 1.50. The maximum Gasteiger partial charge on any atom is 0.0607 e. The van der Waals surface area contributed by atoms with Crippen LogP contribution in [-0.2, 0) is 0 Å². The highest BCUT2D eigenvalue weighted by molar-refractivity contribution is 4.73. The maximum atomic E-state index is 8.94. The lowest BCUT2D eigenvalue weighted by Gasteiger charge is -2.24. The molecule has 0 rings (SSSR count). The first-order valence-electron chi connectivity index (χ1n) is 5.65. The molecule has 0 radical (unpaired) electrons. The Morgan fingerprint density at radius 3 is 1.93 bits per heavy atom. The minimum absolute atomic E-state index is 0.00745. The van der Waals surface area contributed by atoms with Gasteiger partial charge in [0.2, 0.25) is 0 Å². The molecule has 0 unspecified atom stereocenters. The van der Waals surface area contributed by atoms with E-state index < -0.39 is 0 Å². The number of nitrogens with one attached hydrogen (secondary N) is 1. The van der Waals surface area contributed by atoms with Crippen molar-refractivity contribution in [3.8, 4) is 0 Å². The molecule has 0 fully saturated rings. The Kier molecular flexibility index (Phi) is 8.14. The van der Waals surface area contributed by atoms with Gasteiger partial charge in [-0.3, -0.25) is 0 Å². The third-order valence-electron chi connectivity index (χ3n) is 2.79. The topological polar surface area (TPSA) is 52.5 Å². The fourth-order valence-electron chi connectivity index (χ4n) is 1.50. The Morgan fingerprint density at radius 2 is 1.57 bits per heavy atom. The molecule has 3 nitrogen and oxygen atoms in total. The van der Waals surface area contributed by atoms with Crippen molar-refractivity contribution in [1.29, 1.82) is 0 Å². The molecular formula is C11H25NO2. The van der Waals surface area contributed by atoms with Gasteiger partial charge in [0.1, 0.15) is 0 Å². The Balaban J connectivity index is 3.88. The molecule has 0 saturated carbocycles. The first kappa shape index (κ1) is 13.9. The molecule has 0 saturated heterocycles. The van der Waals surface area contributed by atoms with Crippen molar-refractivity contribution in [2.45, 2.75) is 52.1 Å². The molecular weight excluding hydrogens is 178 g/mol. The largest absolute Gasteiger partial charge is 0.395 e. The third-order valence-corrected chi connectivity index (χ3v) is 2.79. The normalized spacial score (nSPS) is 15.9. The van der Waals surface area contributed by atoms with Crippen LogP contribution >= 0.6 is 0 Å². The van der Waals surface area contributed by atoms with Crippen molar-refractivity contribution in [3.63, 3.8) is 0 Å². The summed E-state index contributed by atoms with van der Waals surface area (Å²) in [5.41, 5.74) is 0. The van der Waals surface area contributed by atoms with Gasteiger partial charge in [0.05, 0.1) is 19.3 Å². The van der Waals surface area contributed by atoms with Crippen LogP contribution in [0, 0.1) is 5.92 Å². The molecule has 2 atom stereocenters. The second kappa shape index (κ2) is 8.21. The molecule has 0 aromatic rings. The van der Waals surface area contributed by atoms with Gasteiger partial charge >= 0.3 is 0 Å². The van der Waals surface area contributed by atoms with E-state index in [0.717, 1.165) is 12.8 Å². The summed E-state index contributed by atoms with van der Waals surface area (Å²) in [6.07, 6.45) is 3.34. The van der Waals surface area contributed by atoms with Crippen molar-refractivity contribution in [2.75, 3.05) is 13.2 Å². The van der Waals surface area contributed by atoms with E-state index in [9.17, 15) is 0 Å². The lowest BCUT2D eigenvalue weighted by molar-refractivity contribution is 0.156. The lowest BCUT2D eigenvalue weighted by Crippen LogP contribution is -2.43. The van der Waals surface area contributed by atoms with Gasteiger partial charge in [-0.1, -0.05) is 27.2 Å². The highest BCUT2D eigenvalue weighted by atomic mass is 16.3. The monoisotopic (exact) mass is 203 g/mol. The molecule has 0 aliphatic carbocycles. The molecule has 3 N–H and O–H groups in total. The third kappa shape index (κ3) is 5.58.